The van der Waals surface area contributed by atoms with E-state index in [4.69, 9.17) is 56.7 Å². The van der Waals surface area contributed by atoms with Gasteiger partial charge in [-0.3, -0.25) is 18.9 Å². The van der Waals surface area contributed by atoms with Gasteiger partial charge >= 0.3 is 0 Å². The number of aryl methyl sites for hydroxylation is 2. The fourth-order valence-electron chi connectivity index (χ4n) is 7.61. The topological polar surface area (TPSA) is 282 Å². The summed E-state index contributed by atoms with van der Waals surface area (Å²) >= 11 is 0. The number of Topliss-reactive ketones (excluding diaryl/α,β-unsaturated/α-hetero) is 1. The predicted molar refractivity (Wildman–Crippen MR) is 305 cm³/mol. The molecule has 0 fully saturated rings. The Labute approximate surface area is 485 Å². The SMILES string of the molecule is CCN(CCCS(=O)(=O)O)C(=O)CCN(CCOCCOCCOCCOCCOCCOCCOCCOCCOCCOCCOC)C(=O)c1ccc(C(=O)C(CS(=O)(=O)c2ccc(C)cc2)CS(=O)(=O)c2ccc(C)cc2)cc1. The first kappa shape index (κ1) is 71.9. The fourth-order valence-corrected chi connectivity index (χ4v) is 11.3. The summed E-state index contributed by atoms with van der Waals surface area (Å²) in [7, 11) is -10.9. The third-order valence-electron chi connectivity index (χ3n) is 12.1. The molecule has 1 N–H and O–H groups in total. The summed E-state index contributed by atoms with van der Waals surface area (Å²) in [5.74, 6) is -5.24. The van der Waals surface area contributed by atoms with E-state index in [0.29, 0.717) is 119 Å². The van der Waals surface area contributed by atoms with Crippen LogP contribution in [0.4, 0.5) is 0 Å². The quantitative estimate of drug-likeness (QED) is 0.0478. The Morgan fingerprint density at radius 2 is 0.793 bits per heavy atom. The average molecular weight is 1220 g/mol. The first-order valence-corrected chi connectivity index (χ1v) is 32.3. The van der Waals surface area contributed by atoms with Crippen molar-refractivity contribution in [3.05, 3.63) is 95.1 Å². The molecule has 0 bridgehead atoms. The number of hydrogen-bond acceptors (Lipinski definition) is 20. The monoisotopic (exact) mass is 1220 g/mol. The summed E-state index contributed by atoms with van der Waals surface area (Å²) in [6.45, 7) is 14.0. The van der Waals surface area contributed by atoms with Crippen molar-refractivity contribution in [1.29, 1.82) is 0 Å². The molecule has 2 amide bonds. The molecular weight excluding hydrogens is 1130 g/mol. The Morgan fingerprint density at radius 3 is 1.13 bits per heavy atom. The molecule has 26 heteroatoms. The Hall–Kier alpha value is -4.36. The summed E-state index contributed by atoms with van der Waals surface area (Å²) in [5, 5.41) is 0. The summed E-state index contributed by atoms with van der Waals surface area (Å²) < 4.78 is 146. The fraction of sp³-hybridized carbons (Fsp3) is 0.625. The van der Waals surface area contributed by atoms with Gasteiger partial charge in [-0.2, -0.15) is 8.42 Å². The molecule has 0 aliphatic heterocycles. The van der Waals surface area contributed by atoms with E-state index in [1.165, 1.54) is 58.3 Å². The molecule has 3 aromatic carbocycles. The second-order valence-electron chi connectivity index (χ2n) is 18.6. The zero-order valence-electron chi connectivity index (χ0n) is 48.0. The van der Waals surface area contributed by atoms with E-state index in [0.717, 1.165) is 11.1 Å². The van der Waals surface area contributed by atoms with Crippen molar-refractivity contribution in [2.24, 2.45) is 5.92 Å². The highest BCUT2D eigenvalue weighted by Gasteiger charge is 2.33. The summed E-state index contributed by atoms with van der Waals surface area (Å²) in [6.07, 6.45) is -0.121. The number of ether oxygens (including phenoxy) is 11. The first-order valence-electron chi connectivity index (χ1n) is 27.4. The molecule has 0 atom stereocenters. The standard InChI is InChI=1S/C56H86N2O21S3/c1-5-57(20-6-44-82(66,67)68)54(59)19-21-58(22-23-70-26-27-72-30-31-74-34-35-76-38-39-78-42-43-79-41-40-77-37-36-75-33-32-73-29-28-71-25-24-69-4)56(61)50-13-11-49(12-14-50)55(60)51(45-80(62,63)52-15-7-47(2)8-16-52)46-81(64,65)53-17-9-48(3)10-18-53/h7-18,51H,5-6,19-46H2,1-4H3,(H,66,67,68). The maximum atomic E-state index is 14.2. The molecule has 3 aromatic rings. The molecule has 0 heterocycles. The largest absolute Gasteiger partial charge is 0.382 e. The minimum atomic E-state index is -4.23. The summed E-state index contributed by atoms with van der Waals surface area (Å²) in [4.78, 5) is 44.2. The molecule has 464 valence electrons. The molecule has 82 heavy (non-hydrogen) atoms. The molecule has 0 saturated heterocycles. The maximum Gasteiger partial charge on any atom is 0.264 e. The van der Waals surface area contributed by atoms with Crippen molar-refractivity contribution in [3.8, 4) is 0 Å². The molecule has 23 nitrogen and oxygen atoms in total. The Morgan fingerprint density at radius 1 is 0.451 bits per heavy atom. The Balaban J connectivity index is 1.41. The molecule has 0 radical (unpaired) electrons. The van der Waals surface area contributed by atoms with Crippen LogP contribution in [0.5, 0.6) is 0 Å². The van der Waals surface area contributed by atoms with Crippen LogP contribution in [0, 0.1) is 19.8 Å². The van der Waals surface area contributed by atoms with E-state index in [1.807, 2.05) is 0 Å². The molecular formula is C56H86N2O21S3. The predicted octanol–water partition coefficient (Wildman–Crippen LogP) is 3.82. The van der Waals surface area contributed by atoms with Gasteiger partial charge in [0, 0.05) is 50.8 Å². The number of amides is 2. The number of nitrogens with zero attached hydrogens (tertiary/aromatic N) is 2. The average Bonchev–Trinajstić information content (AvgIpc) is 3.44. The van der Waals surface area contributed by atoms with Gasteiger partial charge in [0.2, 0.25) is 5.91 Å². The lowest BCUT2D eigenvalue weighted by Crippen LogP contribution is -2.39. The number of ketones is 1. The minimum absolute atomic E-state index is 0.0103. The van der Waals surface area contributed by atoms with Gasteiger partial charge < -0.3 is 61.9 Å². The second-order valence-corrected chi connectivity index (χ2v) is 24.2. The van der Waals surface area contributed by atoms with Gasteiger partial charge in [0.05, 0.1) is 172 Å². The molecule has 0 spiro atoms. The highest BCUT2D eigenvalue weighted by Crippen LogP contribution is 2.24. The Bertz CT molecular complexity index is 2500. The molecule has 0 unspecified atom stereocenters. The van der Waals surface area contributed by atoms with Crippen molar-refractivity contribution in [1.82, 2.24) is 9.80 Å². The van der Waals surface area contributed by atoms with Gasteiger partial charge in [0.15, 0.2) is 25.5 Å². The van der Waals surface area contributed by atoms with Crippen LogP contribution in [-0.4, -0.2) is 246 Å². The second kappa shape index (κ2) is 41.6. The first-order chi connectivity index (χ1) is 39.4. The zero-order valence-corrected chi connectivity index (χ0v) is 50.4. The normalized spacial score (nSPS) is 12.1. The highest BCUT2D eigenvalue weighted by atomic mass is 32.2. The van der Waals surface area contributed by atoms with E-state index in [2.05, 4.69) is 0 Å². The Kier molecular flexibility index (Phi) is 36.5. The summed E-state index contributed by atoms with van der Waals surface area (Å²) in [6, 6.07) is 17.5. The zero-order chi connectivity index (χ0) is 59.9. The molecule has 0 saturated carbocycles. The van der Waals surface area contributed by atoms with Crippen molar-refractivity contribution in [2.45, 2.75) is 43.4 Å². The number of sulfone groups is 2. The lowest BCUT2D eigenvalue weighted by atomic mass is 9.99. The van der Waals surface area contributed by atoms with E-state index in [1.54, 1.807) is 52.1 Å². The van der Waals surface area contributed by atoms with E-state index < -0.39 is 64.7 Å². The van der Waals surface area contributed by atoms with Crippen molar-refractivity contribution >= 4 is 47.4 Å². The van der Waals surface area contributed by atoms with Crippen LogP contribution in [0.2, 0.25) is 0 Å². The van der Waals surface area contributed by atoms with Crippen molar-refractivity contribution in [2.75, 3.05) is 189 Å². The van der Waals surface area contributed by atoms with Crippen LogP contribution in [0.15, 0.2) is 82.6 Å². The van der Waals surface area contributed by atoms with Gasteiger partial charge in [-0.05, 0) is 63.6 Å². The van der Waals surface area contributed by atoms with Crippen molar-refractivity contribution < 1.29 is 96.3 Å². The van der Waals surface area contributed by atoms with E-state index >= 15 is 0 Å². The van der Waals surface area contributed by atoms with Crippen molar-refractivity contribution in [3.63, 3.8) is 0 Å². The van der Waals surface area contributed by atoms with Crippen LogP contribution < -0.4 is 0 Å². The number of rotatable bonds is 50. The van der Waals surface area contributed by atoms with Crippen LogP contribution >= 0.6 is 0 Å². The number of carbonyl (C=O) groups excluding carboxylic acids is 3. The van der Waals surface area contributed by atoms with Crippen LogP contribution in [0.3, 0.4) is 0 Å². The third kappa shape index (κ3) is 31.5. The van der Waals surface area contributed by atoms with Crippen LogP contribution in [-0.2, 0) is 86.7 Å². The van der Waals surface area contributed by atoms with Gasteiger partial charge in [0.25, 0.3) is 16.0 Å². The molecule has 0 aromatic heterocycles. The highest BCUT2D eigenvalue weighted by molar-refractivity contribution is 7.92. The lowest BCUT2D eigenvalue weighted by molar-refractivity contribution is -0.131. The number of hydrogen-bond donors (Lipinski definition) is 1. The van der Waals surface area contributed by atoms with Gasteiger partial charge in [-0.25, -0.2) is 16.8 Å². The molecule has 0 aliphatic carbocycles. The molecule has 3 rings (SSSR count). The lowest BCUT2D eigenvalue weighted by Gasteiger charge is -2.25. The smallest absolute Gasteiger partial charge is 0.264 e. The minimum Gasteiger partial charge on any atom is -0.382 e. The van der Waals surface area contributed by atoms with Crippen LogP contribution in [0.1, 0.15) is 51.6 Å². The van der Waals surface area contributed by atoms with E-state index in [9.17, 15) is 39.6 Å². The summed E-state index contributed by atoms with van der Waals surface area (Å²) in [5.41, 5.74) is 1.73. The van der Waals surface area contributed by atoms with E-state index in [-0.39, 0.29) is 85.7 Å². The van der Waals surface area contributed by atoms with Gasteiger partial charge in [-0.15, -0.1) is 0 Å². The maximum absolute atomic E-state index is 14.2. The van der Waals surface area contributed by atoms with Gasteiger partial charge in [0.1, 0.15) is 0 Å². The third-order valence-corrected chi connectivity index (χ3v) is 16.6. The molecule has 0 aliphatic rings. The number of benzene rings is 3. The van der Waals surface area contributed by atoms with Crippen LogP contribution in [0.25, 0.3) is 0 Å². The number of methoxy groups -OCH3 is 1. The van der Waals surface area contributed by atoms with Gasteiger partial charge in [-0.1, -0.05) is 47.5 Å². The number of carbonyl (C=O) groups is 3.